The van der Waals surface area contributed by atoms with E-state index in [2.05, 4.69) is 61.1 Å². The Morgan fingerprint density at radius 1 is 1.12 bits per heavy atom. The Bertz CT molecular complexity index is 779. The zero-order chi connectivity index (χ0) is 18.7. The van der Waals surface area contributed by atoms with Gasteiger partial charge in [0, 0.05) is 49.8 Å². The van der Waals surface area contributed by atoms with Crippen molar-refractivity contribution in [3.63, 3.8) is 0 Å². The Morgan fingerprint density at radius 3 is 2.54 bits per heavy atom. The number of aromatic nitrogens is 1. The van der Waals surface area contributed by atoms with E-state index in [0.29, 0.717) is 11.7 Å². The summed E-state index contributed by atoms with van der Waals surface area (Å²) in [6.45, 7) is 11.6. The first kappa shape index (κ1) is 18.2. The number of rotatable bonds is 4. The van der Waals surface area contributed by atoms with Crippen molar-refractivity contribution in [1.82, 2.24) is 9.88 Å². The van der Waals surface area contributed by atoms with Gasteiger partial charge in [-0.15, -0.1) is 0 Å². The Hall–Kier alpha value is -2.56. The Balaban J connectivity index is 1.66. The fourth-order valence-electron chi connectivity index (χ4n) is 3.36. The van der Waals surface area contributed by atoms with Gasteiger partial charge in [-0.1, -0.05) is 12.1 Å². The smallest absolute Gasteiger partial charge is 0.272 e. The van der Waals surface area contributed by atoms with Gasteiger partial charge in [0.2, 0.25) is 0 Å². The molecule has 2 heterocycles. The predicted molar refractivity (Wildman–Crippen MR) is 107 cm³/mol. The van der Waals surface area contributed by atoms with E-state index in [9.17, 15) is 4.79 Å². The predicted octanol–water partition coefficient (Wildman–Crippen LogP) is 3.48. The summed E-state index contributed by atoms with van der Waals surface area (Å²) in [5, 5.41) is 3.32. The summed E-state index contributed by atoms with van der Waals surface area (Å²) >= 11 is 0. The molecule has 3 rings (SSSR count). The van der Waals surface area contributed by atoms with Crippen LogP contribution in [0.5, 0.6) is 0 Å². The molecule has 5 heteroatoms. The van der Waals surface area contributed by atoms with Gasteiger partial charge in [-0.3, -0.25) is 9.78 Å². The molecule has 2 aromatic rings. The van der Waals surface area contributed by atoms with Gasteiger partial charge < -0.3 is 15.1 Å². The third-order valence-electron chi connectivity index (χ3n) is 4.92. The lowest BCUT2D eigenvalue weighted by molar-refractivity contribution is 0.0741. The first-order valence-electron chi connectivity index (χ1n) is 9.28. The molecule has 1 aliphatic heterocycles. The second kappa shape index (κ2) is 7.77. The number of nitrogens with zero attached hydrogens (tertiary/aromatic N) is 3. The molecule has 0 bridgehead atoms. The van der Waals surface area contributed by atoms with E-state index in [0.717, 1.165) is 31.9 Å². The van der Waals surface area contributed by atoms with Crippen LogP contribution in [0.2, 0.25) is 0 Å². The number of nitrogens with one attached hydrogen (secondary N) is 1. The van der Waals surface area contributed by atoms with Crippen LogP contribution < -0.4 is 10.2 Å². The van der Waals surface area contributed by atoms with Gasteiger partial charge in [0.15, 0.2) is 0 Å². The van der Waals surface area contributed by atoms with Crippen molar-refractivity contribution in [3.05, 3.63) is 53.3 Å². The molecule has 1 fully saturated rings. The van der Waals surface area contributed by atoms with Gasteiger partial charge >= 0.3 is 0 Å². The number of carbonyl (C=O) groups excluding carboxylic acids is 1. The lowest BCUT2D eigenvalue weighted by atomic mass is 10.1. The third-order valence-corrected chi connectivity index (χ3v) is 4.92. The average Bonchev–Trinajstić information content (AvgIpc) is 2.63. The number of carbonyl (C=O) groups is 1. The van der Waals surface area contributed by atoms with Crippen molar-refractivity contribution in [2.75, 3.05) is 36.4 Å². The second-order valence-corrected chi connectivity index (χ2v) is 7.23. The normalized spacial score (nSPS) is 14.7. The van der Waals surface area contributed by atoms with Gasteiger partial charge in [-0.25, -0.2) is 0 Å². The van der Waals surface area contributed by atoms with Crippen LogP contribution in [-0.4, -0.2) is 48.0 Å². The van der Waals surface area contributed by atoms with Crippen LogP contribution in [-0.2, 0) is 0 Å². The summed E-state index contributed by atoms with van der Waals surface area (Å²) < 4.78 is 0. The fraction of sp³-hybridized carbons (Fsp3) is 0.429. The van der Waals surface area contributed by atoms with Crippen molar-refractivity contribution >= 4 is 17.3 Å². The first-order valence-corrected chi connectivity index (χ1v) is 9.28. The van der Waals surface area contributed by atoms with Crippen LogP contribution in [0.15, 0.2) is 36.5 Å². The van der Waals surface area contributed by atoms with Crippen molar-refractivity contribution in [1.29, 1.82) is 0 Å². The number of pyridine rings is 1. The highest BCUT2D eigenvalue weighted by atomic mass is 16.2. The molecule has 5 nitrogen and oxygen atoms in total. The van der Waals surface area contributed by atoms with Gasteiger partial charge in [-0.2, -0.15) is 0 Å². The zero-order valence-corrected chi connectivity index (χ0v) is 16.1. The maximum Gasteiger partial charge on any atom is 0.272 e. The van der Waals surface area contributed by atoms with Crippen LogP contribution in [0.25, 0.3) is 0 Å². The summed E-state index contributed by atoms with van der Waals surface area (Å²) in [5.41, 5.74) is 5.35. The van der Waals surface area contributed by atoms with E-state index in [4.69, 9.17) is 0 Å². The SMILES string of the molecule is Cc1cccc(N2CCN(C(=O)c3cc(NC(C)C)ccn3)CC2)c1C. The molecule has 0 spiro atoms. The maximum absolute atomic E-state index is 12.8. The molecular formula is C21H28N4O. The van der Waals surface area contributed by atoms with Crippen LogP contribution in [0.3, 0.4) is 0 Å². The largest absolute Gasteiger partial charge is 0.383 e. The van der Waals surface area contributed by atoms with Crippen LogP contribution in [0.1, 0.15) is 35.5 Å². The summed E-state index contributed by atoms with van der Waals surface area (Å²) in [7, 11) is 0. The third kappa shape index (κ3) is 3.98. The maximum atomic E-state index is 12.8. The molecule has 0 radical (unpaired) electrons. The average molecular weight is 352 g/mol. The van der Waals surface area contributed by atoms with Gasteiger partial charge in [0.25, 0.3) is 5.91 Å². The molecule has 1 saturated heterocycles. The number of benzene rings is 1. The molecule has 1 amide bonds. The van der Waals surface area contributed by atoms with Crippen LogP contribution in [0, 0.1) is 13.8 Å². The summed E-state index contributed by atoms with van der Waals surface area (Å²) in [5.74, 6) is 0.0121. The Morgan fingerprint density at radius 2 is 1.85 bits per heavy atom. The lowest BCUT2D eigenvalue weighted by Gasteiger charge is -2.37. The molecule has 26 heavy (non-hydrogen) atoms. The number of piperazine rings is 1. The quantitative estimate of drug-likeness (QED) is 0.915. The van der Waals surface area contributed by atoms with E-state index in [1.54, 1.807) is 6.20 Å². The Labute approximate surface area is 156 Å². The number of hydrogen-bond acceptors (Lipinski definition) is 4. The standard InChI is InChI=1S/C21H28N4O/c1-15(2)23-18-8-9-22-19(14-18)21(26)25-12-10-24(11-13-25)20-7-5-6-16(3)17(20)4/h5-9,14-15H,10-13H2,1-4H3,(H,22,23). The summed E-state index contributed by atoms with van der Waals surface area (Å²) in [4.78, 5) is 21.4. The summed E-state index contributed by atoms with van der Waals surface area (Å²) in [6, 6.07) is 10.5. The second-order valence-electron chi connectivity index (χ2n) is 7.23. The molecule has 1 aromatic carbocycles. The number of anilines is 2. The lowest BCUT2D eigenvalue weighted by Crippen LogP contribution is -2.49. The number of amides is 1. The van der Waals surface area contributed by atoms with Crippen molar-refractivity contribution in [3.8, 4) is 0 Å². The van der Waals surface area contributed by atoms with E-state index >= 15 is 0 Å². The minimum absolute atomic E-state index is 0.0121. The van der Waals surface area contributed by atoms with Crippen LogP contribution >= 0.6 is 0 Å². The molecule has 138 valence electrons. The molecule has 0 unspecified atom stereocenters. The number of hydrogen-bond donors (Lipinski definition) is 1. The molecule has 0 saturated carbocycles. The fourth-order valence-corrected chi connectivity index (χ4v) is 3.36. The zero-order valence-electron chi connectivity index (χ0n) is 16.1. The van der Waals surface area contributed by atoms with E-state index in [1.165, 1.54) is 16.8 Å². The van der Waals surface area contributed by atoms with Gasteiger partial charge in [-0.05, 0) is 57.0 Å². The van der Waals surface area contributed by atoms with Crippen molar-refractivity contribution in [2.45, 2.75) is 33.7 Å². The molecular weight excluding hydrogens is 324 g/mol. The Kier molecular flexibility index (Phi) is 5.45. The topological polar surface area (TPSA) is 48.5 Å². The van der Waals surface area contributed by atoms with Crippen molar-refractivity contribution < 1.29 is 4.79 Å². The number of aryl methyl sites for hydroxylation is 1. The molecule has 1 aromatic heterocycles. The van der Waals surface area contributed by atoms with E-state index in [1.807, 2.05) is 17.0 Å². The highest BCUT2D eigenvalue weighted by molar-refractivity contribution is 5.93. The van der Waals surface area contributed by atoms with Crippen molar-refractivity contribution in [2.24, 2.45) is 0 Å². The van der Waals surface area contributed by atoms with E-state index < -0.39 is 0 Å². The van der Waals surface area contributed by atoms with Crippen LogP contribution in [0.4, 0.5) is 11.4 Å². The molecule has 0 atom stereocenters. The highest BCUT2D eigenvalue weighted by Crippen LogP contribution is 2.24. The first-order chi connectivity index (χ1) is 12.5. The van der Waals surface area contributed by atoms with Gasteiger partial charge in [0.05, 0.1) is 0 Å². The molecule has 1 aliphatic rings. The monoisotopic (exact) mass is 352 g/mol. The highest BCUT2D eigenvalue weighted by Gasteiger charge is 2.24. The minimum atomic E-state index is 0.0121. The summed E-state index contributed by atoms with van der Waals surface area (Å²) in [6.07, 6.45) is 1.70. The molecule has 0 aliphatic carbocycles. The van der Waals surface area contributed by atoms with Gasteiger partial charge in [0.1, 0.15) is 5.69 Å². The molecule has 1 N–H and O–H groups in total. The minimum Gasteiger partial charge on any atom is -0.383 e. The van der Waals surface area contributed by atoms with E-state index in [-0.39, 0.29) is 5.91 Å².